The first-order valence-corrected chi connectivity index (χ1v) is 8.18. The Kier molecular flexibility index (Phi) is 6.60. The Morgan fingerprint density at radius 3 is 2.36 bits per heavy atom. The Morgan fingerprint density at radius 1 is 1.32 bits per heavy atom. The van der Waals surface area contributed by atoms with Gasteiger partial charge in [0, 0.05) is 6.92 Å². The van der Waals surface area contributed by atoms with Gasteiger partial charge in [0.25, 0.3) is 10.1 Å². The minimum atomic E-state index is -5.25. The normalized spacial score (nSPS) is 13.2. The zero-order chi connectivity index (χ0) is 19.4. The number of benzene rings is 1. The quantitative estimate of drug-likeness (QED) is 0.343. The second-order valence-electron chi connectivity index (χ2n) is 4.81. The van der Waals surface area contributed by atoms with Crippen molar-refractivity contribution >= 4 is 29.9 Å². The average Bonchev–Trinajstić information content (AvgIpc) is 2.43. The van der Waals surface area contributed by atoms with Gasteiger partial charge in [0.05, 0.1) is 7.85 Å². The molecule has 0 saturated heterocycles. The first-order valence-electron chi connectivity index (χ1n) is 6.57. The molecule has 0 aliphatic carbocycles. The van der Waals surface area contributed by atoms with Crippen LogP contribution < -0.4 is 4.74 Å². The molecule has 0 spiro atoms. The van der Waals surface area contributed by atoms with Gasteiger partial charge in [-0.2, -0.15) is 21.6 Å². The van der Waals surface area contributed by atoms with Gasteiger partial charge in [-0.1, -0.05) is 17.9 Å². The monoisotopic (exact) mass is 380 g/mol. The maximum absolute atomic E-state index is 12.8. The van der Waals surface area contributed by atoms with Gasteiger partial charge in [-0.25, -0.2) is 4.79 Å². The number of rotatable bonds is 6. The van der Waals surface area contributed by atoms with E-state index in [1.54, 1.807) is 0 Å². The van der Waals surface area contributed by atoms with Gasteiger partial charge in [0.2, 0.25) is 6.10 Å². The van der Waals surface area contributed by atoms with Crippen LogP contribution in [0.3, 0.4) is 0 Å². The number of carbonyl (C=O) groups is 2. The van der Waals surface area contributed by atoms with E-state index in [0.29, 0.717) is 5.56 Å². The molecule has 0 saturated carbocycles. The summed E-state index contributed by atoms with van der Waals surface area (Å²) in [4.78, 5) is 23.0. The summed E-state index contributed by atoms with van der Waals surface area (Å²) in [5, 5.41) is 0. The van der Waals surface area contributed by atoms with E-state index in [9.17, 15) is 31.2 Å². The van der Waals surface area contributed by atoms with Gasteiger partial charge < -0.3 is 9.47 Å². The maximum Gasteiger partial charge on any atom is 0.426 e. The number of halogens is 3. The second-order valence-corrected chi connectivity index (χ2v) is 6.31. The van der Waals surface area contributed by atoms with E-state index in [1.165, 1.54) is 6.07 Å². The fourth-order valence-electron chi connectivity index (χ4n) is 1.68. The summed E-state index contributed by atoms with van der Waals surface area (Å²) in [7, 11) is 0.310. The van der Waals surface area contributed by atoms with Gasteiger partial charge in [0.1, 0.15) is 17.1 Å². The minimum Gasteiger partial charge on any atom is -0.448 e. The van der Waals surface area contributed by atoms with Crippen LogP contribution in [0.25, 0.3) is 0 Å². The number of hydrogen-bond donors (Lipinski definition) is 1. The van der Waals surface area contributed by atoms with Crippen LogP contribution >= 0.6 is 0 Å². The molecular weight excluding hydrogens is 368 g/mol. The van der Waals surface area contributed by atoms with Crippen LogP contribution in [0.15, 0.2) is 18.2 Å². The number of esters is 2. The number of ether oxygens (including phenoxy) is 2. The molecule has 1 unspecified atom stereocenters. The molecule has 7 nitrogen and oxygen atoms in total. The highest BCUT2D eigenvalue weighted by Gasteiger charge is 2.45. The Balaban J connectivity index is 3.18. The Morgan fingerprint density at radius 2 is 1.92 bits per heavy atom. The molecule has 0 bridgehead atoms. The van der Waals surface area contributed by atoms with Crippen LogP contribution in [0, 0.1) is 0 Å². The zero-order valence-corrected chi connectivity index (χ0v) is 13.6. The lowest BCUT2D eigenvalue weighted by molar-refractivity contribution is -0.197. The molecule has 25 heavy (non-hydrogen) atoms. The van der Waals surface area contributed by atoms with E-state index < -0.39 is 51.4 Å². The first kappa shape index (κ1) is 21.0. The number of carbonyl (C=O) groups excluding carboxylic acids is 2. The molecule has 1 N–H and O–H groups in total. The predicted molar refractivity (Wildman–Crippen MR) is 78.9 cm³/mol. The summed E-state index contributed by atoms with van der Waals surface area (Å²) < 4.78 is 77.2. The molecule has 12 heteroatoms. The highest BCUT2D eigenvalue weighted by molar-refractivity contribution is 7.85. The topological polar surface area (TPSA) is 107 Å². The average molecular weight is 380 g/mol. The maximum atomic E-state index is 12.8. The summed E-state index contributed by atoms with van der Waals surface area (Å²) in [6.45, 7) is 1.00. The molecule has 1 aromatic rings. The molecule has 0 aromatic heterocycles. The molecule has 1 atom stereocenters. The van der Waals surface area contributed by atoms with Crippen LogP contribution in [0.4, 0.5) is 13.2 Å². The fourth-order valence-corrected chi connectivity index (χ4v) is 2.32. The summed E-state index contributed by atoms with van der Waals surface area (Å²) in [6.07, 6.45) is -8.35. The fraction of sp³-hybridized carbons (Fsp3) is 0.385. The van der Waals surface area contributed by atoms with E-state index in [4.69, 9.17) is 17.1 Å². The van der Waals surface area contributed by atoms with Crippen LogP contribution in [0.1, 0.15) is 22.8 Å². The molecule has 1 rings (SSSR count). The van der Waals surface area contributed by atoms with Gasteiger partial charge in [-0.3, -0.25) is 9.35 Å². The zero-order valence-electron chi connectivity index (χ0n) is 12.7. The molecule has 0 aliphatic rings. The van der Waals surface area contributed by atoms with Crippen molar-refractivity contribution in [2.24, 2.45) is 0 Å². The van der Waals surface area contributed by atoms with Crippen LogP contribution in [-0.4, -0.2) is 50.8 Å². The van der Waals surface area contributed by atoms with Crippen molar-refractivity contribution in [3.05, 3.63) is 29.3 Å². The molecule has 2 radical (unpaired) electrons. The Labute approximate surface area is 142 Å². The highest BCUT2D eigenvalue weighted by atomic mass is 32.2. The van der Waals surface area contributed by atoms with E-state index in [1.807, 2.05) is 0 Å². The summed E-state index contributed by atoms with van der Waals surface area (Å²) >= 11 is 0. The molecule has 0 aliphatic heterocycles. The summed E-state index contributed by atoms with van der Waals surface area (Å²) in [6, 6.07) is 3.46. The molecular formula is C13H12BF3O7S. The van der Waals surface area contributed by atoms with Crippen LogP contribution in [0.2, 0.25) is 0 Å². The number of hydrogen-bond acceptors (Lipinski definition) is 6. The molecule has 0 heterocycles. The largest absolute Gasteiger partial charge is 0.448 e. The summed E-state index contributed by atoms with van der Waals surface area (Å²) in [5.41, 5.74) is -0.130. The Hall–Kier alpha value is -2.08. The van der Waals surface area contributed by atoms with Crippen molar-refractivity contribution in [3.8, 4) is 5.75 Å². The van der Waals surface area contributed by atoms with E-state index in [-0.39, 0.29) is 6.32 Å². The van der Waals surface area contributed by atoms with E-state index in [2.05, 4.69) is 4.74 Å². The predicted octanol–water partition coefficient (Wildman–Crippen LogP) is 1.26. The van der Waals surface area contributed by atoms with Crippen molar-refractivity contribution in [1.29, 1.82) is 0 Å². The smallest absolute Gasteiger partial charge is 0.426 e. The van der Waals surface area contributed by atoms with Crippen molar-refractivity contribution in [2.75, 3.05) is 5.75 Å². The molecule has 0 fully saturated rings. The van der Waals surface area contributed by atoms with Gasteiger partial charge >= 0.3 is 18.1 Å². The van der Waals surface area contributed by atoms with Crippen LogP contribution in [-0.2, 0) is 26.0 Å². The third-order valence-electron chi connectivity index (χ3n) is 2.73. The van der Waals surface area contributed by atoms with E-state index in [0.717, 1.165) is 19.1 Å². The van der Waals surface area contributed by atoms with Gasteiger partial charge in [-0.05, 0) is 12.1 Å². The minimum absolute atomic E-state index is 0.00246. The van der Waals surface area contributed by atoms with Crippen molar-refractivity contribution in [3.63, 3.8) is 0 Å². The third-order valence-corrected chi connectivity index (χ3v) is 3.46. The first-order chi connectivity index (χ1) is 11.3. The molecule has 136 valence electrons. The van der Waals surface area contributed by atoms with Crippen molar-refractivity contribution < 1.29 is 45.2 Å². The van der Waals surface area contributed by atoms with Gasteiger partial charge in [0.15, 0.2) is 0 Å². The van der Waals surface area contributed by atoms with Gasteiger partial charge in [-0.15, -0.1) is 0 Å². The van der Waals surface area contributed by atoms with Crippen molar-refractivity contribution in [2.45, 2.75) is 25.5 Å². The molecule has 1 aromatic carbocycles. The highest BCUT2D eigenvalue weighted by Crippen LogP contribution is 2.28. The lowest BCUT2D eigenvalue weighted by atomic mass is 9.96. The second kappa shape index (κ2) is 7.87. The SMILES string of the molecule is [B]Cc1ccc(C(=O)OC(CS(=O)(=O)O)C(F)(F)F)c(OC(C)=O)c1. The number of alkyl halides is 3. The standard InChI is InChI=1S/C13H12BF3O7S/c1-7(18)23-10-4-8(5-14)2-3-9(10)12(19)24-11(13(15,16)17)6-25(20,21)22/h2-4,11H,5-6H2,1H3,(H,20,21,22). The third kappa shape index (κ3) is 6.74. The van der Waals surface area contributed by atoms with Crippen molar-refractivity contribution in [1.82, 2.24) is 0 Å². The lowest BCUT2D eigenvalue weighted by Crippen LogP contribution is -2.39. The summed E-state index contributed by atoms with van der Waals surface area (Å²) in [5.74, 6) is -4.71. The molecule has 0 amide bonds. The van der Waals surface area contributed by atoms with E-state index >= 15 is 0 Å². The van der Waals surface area contributed by atoms with Crippen LogP contribution in [0.5, 0.6) is 5.75 Å². The lowest BCUT2D eigenvalue weighted by Gasteiger charge is -2.20. The Bertz CT molecular complexity index is 761.